The summed E-state index contributed by atoms with van der Waals surface area (Å²) in [7, 11) is -3.70. The summed E-state index contributed by atoms with van der Waals surface area (Å²) in [5, 5.41) is 0.0929. The SMILES string of the molecule is CCCC1CC1NS(=O)(=O)c1c(Cl)cc(N)cc1Cl. The second-order valence-corrected chi connectivity index (χ2v) is 7.29. The zero-order valence-electron chi connectivity index (χ0n) is 10.5. The molecule has 106 valence electrons. The van der Waals surface area contributed by atoms with Crippen LogP contribution >= 0.6 is 23.2 Å². The van der Waals surface area contributed by atoms with Crippen LogP contribution in [0, 0.1) is 5.92 Å². The van der Waals surface area contributed by atoms with Crippen LogP contribution in [0.15, 0.2) is 17.0 Å². The van der Waals surface area contributed by atoms with Crippen LogP contribution in [0.4, 0.5) is 5.69 Å². The van der Waals surface area contributed by atoms with Crippen molar-refractivity contribution in [2.45, 2.75) is 37.1 Å². The van der Waals surface area contributed by atoms with E-state index in [1.807, 2.05) is 0 Å². The molecule has 1 fully saturated rings. The quantitative estimate of drug-likeness (QED) is 0.818. The summed E-state index contributed by atoms with van der Waals surface area (Å²) in [4.78, 5) is -0.0906. The molecule has 1 aromatic carbocycles. The molecule has 0 bridgehead atoms. The van der Waals surface area contributed by atoms with Gasteiger partial charge in [0.1, 0.15) is 4.90 Å². The number of anilines is 1. The molecule has 1 aliphatic rings. The minimum Gasteiger partial charge on any atom is -0.399 e. The van der Waals surface area contributed by atoms with E-state index in [0.717, 1.165) is 19.3 Å². The Morgan fingerprint density at radius 1 is 1.37 bits per heavy atom. The van der Waals surface area contributed by atoms with Crippen molar-refractivity contribution in [3.8, 4) is 0 Å². The summed E-state index contributed by atoms with van der Waals surface area (Å²) < 4.78 is 27.2. The fraction of sp³-hybridized carbons (Fsp3) is 0.500. The second kappa shape index (κ2) is 5.48. The van der Waals surface area contributed by atoms with Gasteiger partial charge in [-0.2, -0.15) is 0 Å². The highest BCUT2D eigenvalue weighted by molar-refractivity contribution is 7.89. The van der Waals surface area contributed by atoms with Gasteiger partial charge >= 0.3 is 0 Å². The van der Waals surface area contributed by atoms with Crippen molar-refractivity contribution in [1.82, 2.24) is 4.72 Å². The minimum atomic E-state index is -3.70. The third kappa shape index (κ3) is 3.34. The highest BCUT2D eigenvalue weighted by Crippen LogP contribution is 2.38. The predicted molar refractivity (Wildman–Crippen MR) is 78.0 cm³/mol. The zero-order chi connectivity index (χ0) is 14.2. The first-order valence-electron chi connectivity index (χ1n) is 6.12. The van der Waals surface area contributed by atoms with E-state index in [0.29, 0.717) is 11.6 Å². The lowest BCUT2D eigenvalue weighted by Gasteiger charge is -2.10. The molecule has 0 aromatic heterocycles. The van der Waals surface area contributed by atoms with Gasteiger partial charge in [0.05, 0.1) is 10.0 Å². The van der Waals surface area contributed by atoms with Crippen molar-refractivity contribution in [2.24, 2.45) is 5.92 Å². The monoisotopic (exact) mass is 322 g/mol. The zero-order valence-corrected chi connectivity index (χ0v) is 12.8. The average molecular weight is 323 g/mol. The lowest BCUT2D eigenvalue weighted by molar-refractivity contribution is 0.573. The second-order valence-electron chi connectivity index (χ2n) is 4.83. The van der Waals surface area contributed by atoms with Crippen LogP contribution in [-0.4, -0.2) is 14.5 Å². The molecule has 2 atom stereocenters. The van der Waals surface area contributed by atoms with Crippen molar-refractivity contribution in [1.29, 1.82) is 0 Å². The molecule has 1 aliphatic carbocycles. The Bertz CT molecular complexity index is 566. The molecule has 2 unspecified atom stereocenters. The van der Waals surface area contributed by atoms with E-state index in [9.17, 15) is 8.42 Å². The van der Waals surface area contributed by atoms with E-state index in [4.69, 9.17) is 28.9 Å². The van der Waals surface area contributed by atoms with E-state index in [1.165, 1.54) is 12.1 Å². The molecule has 4 nitrogen and oxygen atoms in total. The van der Waals surface area contributed by atoms with Crippen molar-refractivity contribution in [2.75, 3.05) is 5.73 Å². The summed E-state index contributed by atoms with van der Waals surface area (Å²) in [6.07, 6.45) is 2.94. The van der Waals surface area contributed by atoms with Crippen molar-refractivity contribution in [3.05, 3.63) is 22.2 Å². The van der Waals surface area contributed by atoms with Crippen LogP contribution in [-0.2, 0) is 10.0 Å². The first kappa shape index (κ1) is 14.9. The summed E-state index contributed by atoms with van der Waals surface area (Å²) >= 11 is 11.9. The highest BCUT2D eigenvalue weighted by atomic mass is 35.5. The number of hydrogen-bond donors (Lipinski definition) is 2. The number of benzene rings is 1. The topological polar surface area (TPSA) is 72.2 Å². The van der Waals surface area contributed by atoms with Gasteiger partial charge in [0.2, 0.25) is 10.0 Å². The van der Waals surface area contributed by atoms with Crippen molar-refractivity contribution in [3.63, 3.8) is 0 Å². The van der Waals surface area contributed by atoms with Gasteiger partial charge < -0.3 is 5.73 Å². The standard InChI is InChI=1S/C12H16Cl2N2O2S/c1-2-3-7-4-11(7)16-19(17,18)12-9(13)5-8(15)6-10(12)14/h5-7,11,16H,2-4,15H2,1H3. The molecular formula is C12H16Cl2N2O2S. The molecular weight excluding hydrogens is 307 g/mol. The minimum absolute atomic E-state index is 0.00497. The molecule has 1 aromatic rings. The lowest BCUT2D eigenvalue weighted by atomic mass is 10.2. The van der Waals surface area contributed by atoms with Crippen LogP contribution in [0.3, 0.4) is 0 Å². The van der Waals surface area contributed by atoms with Gasteiger partial charge in [-0.3, -0.25) is 0 Å². The van der Waals surface area contributed by atoms with E-state index >= 15 is 0 Å². The number of nitrogen functional groups attached to an aromatic ring is 1. The van der Waals surface area contributed by atoms with E-state index in [2.05, 4.69) is 11.6 Å². The third-order valence-electron chi connectivity index (χ3n) is 3.18. The molecule has 0 amide bonds. The Hall–Kier alpha value is -0.490. The number of halogens is 2. The molecule has 2 rings (SSSR count). The summed E-state index contributed by atoms with van der Waals surface area (Å²) in [5.41, 5.74) is 5.90. The van der Waals surface area contributed by atoms with E-state index in [-0.39, 0.29) is 21.0 Å². The van der Waals surface area contributed by atoms with Gasteiger partial charge in [-0.05, 0) is 30.9 Å². The molecule has 0 saturated heterocycles. The maximum Gasteiger partial charge on any atom is 0.243 e. The van der Waals surface area contributed by atoms with E-state index < -0.39 is 10.0 Å². The normalized spacial score (nSPS) is 22.5. The number of nitrogens with two attached hydrogens (primary N) is 1. The Balaban J connectivity index is 2.21. The summed E-state index contributed by atoms with van der Waals surface area (Å²) in [5.74, 6) is 0.422. The highest BCUT2D eigenvalue weighted by Gasteiger charge is 2.40. The number of hydrogen-bond acceptors (Lipinski definition) is 3. The Labute approximate surface area is 123 Å². The van der Waals surface area contributed by atoms with Gasteiger partial charge in [-0.25, -0.2) is 13.1 Å². The Morgan fingerprint density at radius 3 is 2.47 bits per heavy atom. The maximum atomic E-state index is 12.3. The van der Waals surface area contributed by atoms with Crippen LogP contribution in [0.25, 0.3) is 0 Å². The predicted octanol–water partition coefficient (Wildman–Crippen LogP) is 3.04. The molecule has 19 heavy (non-hydrogen) atoms. The van der Waals surface area contributed by atoms with E-state index in [1.54, 1.807) is 0 Å². The number of nitrogens with one attached hydrogen (secondary N) is 1. The largest absolute Gasteiger partial charge is 0.399 e. The van der Waals surface area contributed by atoms with Crippen molar-refractivity contribution >= 4 is 38.9 Å². The van der Waals surface area contributed by atoms with Gasteiger partial charge in [0, 0.05) is 11.7 Å². The maximum absolute atomic E-state index is 12.3. The molecule has 0 spiro atoms. The lowest BCUT2D eigenvalue weighted by Crippen LogP contribution is -2.27. The Morgan fingerprint density at radius 2 is 1.95 bits per heavy atom. The molecule has 0 heterocycles. The fourth-order valence-corrected chi connectivity index (χ4v) is 4.73. The van der Waals surface area contributed by atoms with Gasteiger partial charge in [0.15, 0.2) is 0 Å². The first-order chi connectivity index (χ1) is 8.85. The van der Waals surface area contributed by atoms with Crippen LogP contribution in [0.2, 0.25) is 10.0 Å². The van der Waals surface area contributed by atoms with Gasteiger partial charge in [-0.1, -0.05) is 36.5 Å². The summed E-state index contributed by atoms with van der Waals surface area (Å²) in [6, 6.07) is 2.77. The summed E-state index contributed by atoms with van der Waals surface area (Å²) in [6.45, 7) is 2.08. The Kier molecular flexibility index (Phi) is 4.30. The number of rotatable bonds is 5. The van der Waals surface area contributed by atoms with Crippen LogP contribution in [0.5, 0.6) is 0 Å². The van der Waals surface area contributed by atoms with Gasteiger partial charge in [-0.15, -0.1) is 0 Å². The van der Waals surface area contributed by atoms with Crippen LogP contribution in [0.1, 0.15) is 26.2 Å². The van der Waals surface area contributed by atoms with Gasteiger partial charge in [0.25, 0.3) is 0 Å². The first-order valence-corrected chi connectivity index (χ1v) is 8.36. The number of sulfonamides is 1. The molecule has 0 radical (unpaired) electrons. The molecule has 0 aliphatic heterocycles. The fourth-order valence-electron chi connectivity index (χ4n) is 2.18. The average Bonchev–Trinajstić information content (AvgIpc) is 2.93. The smallest absolute Gasteiger partial charge is 0.243 e. The van der Waals surface area contributed by atoms with Crippen LogP contribution < -0.4 is 10.5 Å². The third-order valence-corrected chi connectivity index (χ3v) is 5.59. The molecule has 1 saturated carbocycles. The van der Waals surface area contributed by atoms with Crippen molar-refractivity contribution < 1.29 is 8.42 Å². The molecule has 3 N–H and O–H groups in total. The molecule has 7 heteroatoms.